The average Bonchev–Trinajstić information content (AvgIpc) is 2.39. The van der Waals surface area contributed by atoms with Crippen LogP contribution >= 0.6 is 0 Å². The van der Waals surface area contributed by atoms with Crippen LogP contribution in [0.3, 0.4) is 0 Å². The van der Waals surface area contributed by atoms with Crippen molar-refractivity contribution in [3.05, 3.63) is 34.1 Å². The van der Waals surface area contributed by atoms with Crippen LogP contribution in [0.4, 0.5) is 10.1 Å². The Morgan fingerprint density at radius 3 is 2.53 bits per heavy atom. The molecule has 0 N–H and O–H groups in total. The number of nitro groups is 1. The smallest absolute Gasteiger partial charge is 0.292 e. The highest BCUT2D eigenvalue weighted by Crippen LogP contribution is 2.27. The fraction of sp³-hybridized carbons (Fsp3) is 0.400. The molecule has 2 rings (SSSR count). The molecule has 1 heterocycles. The van der Waals surface area contributed by atoms with Gasteiger partial charge in [-0.1, -0.05) is 0 Å². The number of morpholine rings is 1. The Kier molecular flexibility index (Phi) is 3.78. The summed E-state index contributed by atoms with van der Waals surface area (Å²) in [7, 11) is -4.01. The molecule has 0 unspecified atom stereocenters. The van der Waals surface area contributed by atoms with E-state index in [1.165, 1.54) is 0 Å². The summed E-state index contributed by atoms with van der Waals surface area (Å²) < 4.78 is 43.7. The van der Waals surface area contributed by atoms with Gasteiger partial charge in [-0.2, -0.15) is 4.31 Å². The largest absolute Gasteiger partial charge is 0.379 e. The maximum absolute atomic E-state index is 13.0. The summed E-state index contributed by atoms with van der Waals surface area (Å²) in [6.45, 7) is 0.705. The Morgan fingerprint density at radius 2 is 1.95 bits per heavy atom. The number of rotatable bonds is 3. The molecule has 19 heavy (non-hydrogen) atoms. The van der Waals surface area contributed by atoms with Crippen molar-refractivity contribution in [3.63, 3.8) is 0 Å². The third-order valence-electron chi connectivity index (χ3n) is 2.71. The lowest BCUT2D eigenvalue weighted by molar-refractivity contribution is -0.388. The van der Waals surface area contributed by atoms with Gasteiger partial charge in [0.05, 0.1) is 24.2 Å². The second kappa shape index (κ2) is 5.19. The van der Waals surface area contributed by atoms with Crippen molar-refractivity contribution < 1.29 is 22.5 Å². The van der Waals surface area contributed by atoms with Gasteiger partial charge in [-0.25, -0.2) is 12.8 Å². The Balaban J connectivity index is 2.48. The molecule has 104 valence electrons. The Hall–Kier alpha value is -1.58. The molecule has 0 saturated carbocycles. The molecular formula is C10H11FN2O5S. The van der Waals surface area contributed by atoms with Gasteiger partial charge in [0.2, 0.25) is 10.0 Å². The molecule has 1 aliphatic heterocycles. The molecule has 1 aromatic rings. The van der Waals surface area contributed by atoms with Crippen molar-refractivity contribution in [2.45, 2.75) is 4.90 Å². The maximum Gasteiger partial charge on any atom is 0.292 e. The first kappa shape index (κ1) is 13.8. The van der Waals surface area contributed by atoms with Gasteiger partial charge in [0.1, 0.15) is 5.82 Å². The normalized spacial score (nSPS) is 17.3. The minimum absolute atomic E-state index is 0.122. The summed E-state index contributed by atoms with van der Waals surface area (Å²) in [6.07, 6.45) is 0. The van der Waals surface area contributed by atoms with E-state index in [2.05, 4.69) is 0 Å². The molecule has 0 atom stereocenters. The van der Waals surface area contributed by atoms with Crippen LogP contribution in [0.2, 0.25) is 0 Å². The van der Waals surface area contributed by atoms with E-state index in [4.69, 9.17) is 4.74 Å². The number of sulfonamides is 1. The van der Waals surface area contributed by atoms with Gasteiger partial charge in [-0.05, 0) is 12.1 Å². The highest BCUT2D eigenvalue weighted by atomic mass is 32.2. The predicted octanol–water partition coefficient (Wildman–Crippen LogP) is 0.755. The van der Waals surface area contributed by atoms with E-state index in [1.54, 1.807) is 0 Å². The summed E-state index contributed by atoms with van der Waals surface area (Å²) in [5.74, 6) is -0.854. The minimum atomic E-state index is -4.01. The number of halogens is 1. The summed E-state index contributed by atoms with van der Waals surface area (Å²) >= 11 is 0. The highest BCUT2D eigenvalue weighted by molar-refractivity contribution is 7.89. The third kappa shape index (κ3) is 2.72. The van der Waals surface area contributed by atoms with Crippen molar-refractivity contribution in [2.75, 3.05) is 26.3 Å². The van der Waals surface area contributed by atoms with Crippen molar-refractivity contribution in [1.82, 2.24) is 4.31 Å². The molecule has 1 fully saturated rings. The van der Waals surface area contributed by atoms with Gasteiger partial charge in [0, 0.05) is 13.1 Å². The quantitative estimate of drug-likeness (QED) is 0.605. The van der Waals surface area contributed by atoms with Gasteiger partial charge in [0.15, 0.2) is 4.90 Å². The molecule has 1 saturated heterocycles. The molecule has 1 aromatic carbocycles. The van der Waals surface area contributed by atoms with Crippen LogP contribution in [0.5, 0.6) is 0 Å². The van der Waals surface area contributed by atoms with E-state index in [9.17, 15) is 22.9 Å². The molecular weight excluding hydrogens is 279 g/mol. The SMILES string of the molecule is O=[N+]([O-])c1cc(F)ccc1S(=O)(=O)N1CCOCC1. The Morgan fingerprint density at radius 1 is 1.32 bits per heavy atom. The Bertz CT molecular complexity index is 598. The number of hydrogen-bond donors (Lipinski definition) is 0. The molecule has 7 nitrogen and oxygen atoms in total. The monoisotopic (exact) mass is 290 g/mol. The number of benzene rings is 1. The van der Waals surface area contributed by atoms with E-state index in [-0.39, 0.29) is 26.3 Å². The lowest BCUT2D eigenvalue weighted by Gasteiger charge is -2.25. The lowest BCUT2D eigenvalue weighted by Crippen LogP contribution is -2.40. The average molecular weight is 290 g/mol. The summed E-state index contributed by atoms with van der Waals surface area (Å²) in [5, 5.41) is 10.8. The van der Waals surface area contributed by atoms with Crippen LogP contribution in [0.15, 0.2) is 23.1 Å². The van der Waals surface area contributed by atoms with Crippen LogP contribution in [-0.2, 0) is 14.8 Å². The van der Waals surface area contributed by atoms with Crippen LogP contribution in [0, 0.1) is 15.9 Å². The Labute approximate surface area is 108 Å². The lowest BCUT2D eigenvalue weighted by atomic mass is 10.3. The van der Waals surface area contributed by atoms with E-state index in [0.717, 1.165) is 16.4 Å². The highest BCUT2D eigenvalue weighted by Gasteiger charge is 2.32. The first-order valence-corrected chi connectivity index (χ1v) is 6.89. The van der Waals surface area contributed by atoms with Crippen LogP contribution in [-0.4, -0.2) is 43.9 Å². The van der Waals surface area contributed by atoms with Gasteiger partial charge < -0.3 is 4.74 Å². The van der Waals surface area contributed by atoms with Crippen molar-refractivity contribution in [3.8, 4) is 0 Å². The van der Waals surface area contributed by atoms with Gasteiger partial charge in [0.25, 0.3) is 5.69 Å². The molecule has 0 spiro atoms. The second-order valence-electron chi connectivity index (χ2n) is 3.89. The standard InChI is InChI=1S/C10H11FN2O5S/c11-8-1-2-10(9(7-8)13(14)15)19(16,17)12-3-5-18-6-4-12/h1-2,7H,3-6H2. The summed E-state index contributed by atoms with van der Waals surface area (Å²) in [4.78, 5) is 9.43. The number of nitro benzene ring substituents is 1. The third-order valence-corrected chi connectivity index (χ3v) is 4.65. The summed E-state index contributed by atoms with van der Waals surface area (Å²) in [6, 6.07) is 2.41. The topological polar surface area (TPSA) is 89.8 Å². The van der Waals surface area contributed by atoms with E-state index in [1.807, 2.05) is 0 Å². The second-order valence-corrected chi connectivity index (χ2v) is 5.79. The molecule has 0 bridgehead atoms. The molecule has 0 radical (unpaired) electrons. The fourth-order valence-electron chi connectivity index (χ4n) is 1.78. The van der Waals surface area contributed by atoms with Crippen molar-refractivity contribution >= 4 is 15.7 Å². The zero-order valence-electron chi connectivity index (χ0n) is 9.78. The molecule has 1 aliphatic rings. The number of hydrogen-bond acceptors (Lipinski definition) is 5. The van der Waals surface area contributed by atoms with E-state index >= 15 is 0 Å². The van der Waals surface area contributed by atoms with Crippen molar-refractivity contribution in [2.24, 2.45) is 0 Å². The van der Waals surface area contributed by atoms with Crippen LogP contribution in [0.1, 0.15) is 0 Å². The first-order chi connectivity index (χ1) is 8.93. The zero-order valence-corrected chi connectivity index (χ0v) is 10.6. The molecule has 0 aromatic heterocycles. The van der Waals surface area contributed by atoms with Gasteiger partial charge in [-0.15, -0.1) is 0 Å². The first-order valence-electron chi connectivity index (χ1n) is 5.45. The molecule has 9 heteroatoms. The number of ether oxygens (including phenoxy) is 1. The fourth-order valence-corrected chi connectivity index (χ4v) is 3.32. The maximum atomic E-state index is 13.0. The number of nitrogens with zero attached hydrogens (tertiary/aromatic N) is 2. The zero-order chi connectivity index (χ0) is 14.0. The molecule has 0 aliphatic carbocycles. The predicted molar refractivity (Wildman–Crippen MR) is 62.6 cm³/mol. The van der Waals surface area contributed by atoms with Gasteiger partial charge in [-0.3, -0.25) is 10.1 Å². The van der Waals surface area contributed by atoms with Gasteiger partial charge >= 0.3 is 0 Å². The van der Waals surface area contributed by atoms with E-state index < -0.39 is 31.3 Å². The summed E-state index contributed by atoms with van der Waals surface area (Å²) in [5.41, 5.74) is -0.758. The molecule has 0 amide bonds. The van der Waals surface area contributed by atoms with Crippen molar-refractivity contribution in [1.29, 1.82) is 0 Å². The van der Waals surface area contributed by atoms with E-state index in [0.29, 0.717) is 6.07 Å². The van der Waals surface area contributed by atoms with Crippen LogP contribution in [0.25, 0.3) is 0 Å². The van der Waals surface area contributed by atoms with Crippen LogP contribution < -0.4 is 0 Å². The minimum Gasteiger partial charge on any atom is -0.379 e.